The van der Waals surface area contributed by atoms with Crippen molar-refractivity contribution in [3.63, 3.8) is 0 Å². The molecular formula is C61H57BN2O. The van der Waals surface area contributed by atoms with Gasteiger partial charge in [-0.25, -0.2) is 0 Å². The number of hydrogen-bond donors (Lipinski definition) is 0. The Morgan fingerprint density at radius 1 is 0.446 bits per heavy atom. The van der Waals surface area contributed by atoms with Gasteiger partial charge < -0.3 is 14.2 Å². The van der Waals surface area contributed by atoms with E-state index in [2.05, 4.69) is 236 Å². The van der Waals surface area contributed by atoms with Crippen molar-refractivity contribution >= 4 is 79.2 Å². The van der Waals surface area contributed by atoms with Gasteiger partial charge in [0.2, 0.25) is 0 Å². The lowest BCUT2D eigenvalue weighted by Crippen LogP contribution is -2.61. The van der Waals surface area contributed by atoms with Crippen LogP contribution in [0.4, 0.5) is 34.1 Å². The molecule has 3 heterocycles. The van der Waals surface area contributed by atoms with Crippen molar-refractivity contribution in [3.05, 3.63) is 187 Å². The lowest BCUT2D eigenvalue weighted by Gasteiger charge is -2.45. The van der Waals surface area contributed by atoms with Gasteiger partial charge in [0.25, 0.3) is 6.71 Å². The summed E-state index contributed by atoms with van der Waals surface area (Å²) in [5, 5.41) is 2.28. The molecule has 0 fully saturated rings. The second-order valence-electron chi connectivity index (χ2n) is 21.1. The van der Waals surface area contributed by atoms with Crippen LogP contribution in [0.25, 0.3) is 44.2 Å². The highest BCUT2D eigenvalue weighted by Crippen LogP contribution is 2.48. The topological polar surface area (TPSA) is 19.6 Å². The summed E-state index contributed by atoms with van der Waals surface area (Å²) >= 11 is 0. The monoisotopic (exact) mass is 844 g/mol. The third-order valence-electron chi connectivity index (χ3n) is 14.5. The Bertz CT molecular complexity index is 3290. The van der Waals surface area contributed by atoms with Crippen molar-refractivity contribution in [2.75, 3.05) is 9.80 Å². The van der Waals surface area contributed by atoms with Crippen LogP contribution in [0, 0.1) is 0 Å². The first kappa shape index (κ1) is 41.0. The molecule has 1 aromatic heterocycles. The Labute approximate surface area is 385 Å². The van der Waals surface area contributed by atoms with Gasteiger partial charge in [0, 0.05) is 50.5 Å². The molecule has 0 bridgehead atoms. The minimum atomic E-state index is -0.118. The second-order valence-corrected chi connectivity index (χ2v) is 21.1. The highest BCUT2D eigenvalue weighted by atomic mass is 16.3. The summed E-state index contributed by atoms with van der Waals surface area (Å²) < 4.78 is 6.53. The summed E-state index contributed by atoms with van der Waals surface area (Å²) in [6.45, 7) is 21.0. The molecule has 0 N–H and O–H groups in total. The molecule has 0 spiro atoms. The molecule has 9 aromatic rings. The summed E-state index contributed by atoms with van der Waals surface area (Å²) in [6.07, 6.45) is 1.05. The van der Waals surface area contributed by atoms with Gasteiger partial charge in [-0.1, -0.05) is 178 Å². The van der Waals surface area contributed by atoms with Crippen LogP contribution in [0.15, 0.2) is 174 Å². The van der Waals surface area contributed by atoms with E-state index in [-0.39, 0.29) is 23.0 Å². The minimum absolute atomic E-state index is 0.00720. The zero-order valence-electron chi connectivity index (χ0n) is 39.3. The number of benzene rings is 8. The molecular weight excluding hydrogens is 787 g/mol. The average molecular weight is 845 g/mol. The van der Waals surface area contributed by atoms with E-state index >= 15 is 0 Å². The van der Waals surface area contributed by atoms with E-state index in [1.165, 1.54) is 72.6 Å². The molecule has 4 heteroatoms. The van der Waals surface area contributed by atoms with Crippen LogP contribution in [0.2, 0.25) is 0 Å². The number of anilines is 6. The molecule has 2 aliphatic heterocycles. The van der Waals surface area contributed by atoms with E-state index in [0.29, 0.717) is 0 Å². The van der Waals surface area contributed by atoms with Crippen molar-refractivity contribution in [2.24, 2.45) is 0 Å². The highest BCUT2D eigenvalue weighted by molar-refractivity contribution is 7.00. The Morgan fingerprint density at radius 2 is 1.03 bits per heavy atom. The van der Waals surface area contributed by atoms with Crippen LogP contribution < -0.4 is 26.2 Å². The number of furan rings is 1. The van der Waals surface area contributed by atoms with Crippen molar-refractivity contribution in [2.45, 2.75) is 85.0 Å². The van der Waals surface area contributed by atoms with E-state index in [1.54, 1.807) is 0 Å². The van der Waals surface area contributed by atoms with Gasteiger partial charge in [0.05, 0.1) is 0 Å². The van der Waals surface area contributed by atoms with Crippen LogP contribution >= 0.6 is 0 Å². The van der Waals surface area contributed by atoms with Crippen LogP contribution in [0.5, 0.6) is 0 Å². The number of rotatable bonds is 6. The number of para-hydroxylation sites is 2. The fourth-order valence-corrected chi connectivity index (χ4v) is 10.3. The van der Waals surface area contributed by atoms with Crippen LogP contribution in [-0.2, 0) is 16.2 Å². The van der Waals surface area contributed by atoms with Crippen LogP contribution in [-0.4, -0.2) is 6.71 Å². The fourth-order valence-electron chi connectivity index (χ4n) is 10.3. The van der Waals surface area contributed by atoms with Crippen molar-refractivity contribution in [3.8, 4) is 22.3 Å². The molecule has 0 amide bonds. The highest BCUT2D eigenvalue weighted by Gasteiger charge is 2.44. The molecule has 8 aromatic carbocycles. The van der Waals surface area contributed by atoms with Crippen LogP contribution in [0.1, 0.15) is 85.4 Å². The molecule has 65 heavy (non-hydrogen) atoms. The molecule has 3 nitrogen and oxygen atoms in total. The van der Waals surface area contributed by atoms with Gasteiger partial charge >= 0.3 is 0 Å². The Hall–Kier alpha value is -6.78. The summed E-state index contributed by atoms with van der Waals surface area (Å²) in [5.74, 6) is 0. The summed E-state index contributed by atoms with van der Waals surface area (Å²) in [7, 11) is 0. The van der Waals surface area contributed by atoms with E-state index in [4.69, 9.17) is 4.42 Å². The van der Waals surface area contributed by atoms with E-state index in [9.17, 15) is 0 Å². The summed E-state index contributed by atoms with van der Waals surface area (Å²) in [5.41, 5.74) is 21.7. The molecule has 11 rings (SSSR count). The van der Waals surface area contributed by atoms with E-state index in [1.807, 2.05) is 6.07 Å². The van der Waals surface area contributed by atoms with Gasteiger partial charge in [-0.3, -0.25) is 0 Å². The standard InChI is InChI=1S/C61H57BN2O/c1-10-61(8,9)43-28-33-50-53(36-43)64(46-31-26-42(27-32-46)59(2,3)4)55-38-44(60(5,6)7)37-54-57(55)62(50)51-35-41(39-17-12-11-13-18-39)25-34-52(51)63(54)45-29-23-40(24-30-45)47-20-16-21-49-48-19-14-15-22-56(48)65-58(47)49/h11-38H,10H2,1-9H3. The summed E-state index contributed by atoms with van der Waals surface area (Å²) in [6, 6.07) is 63.8. The molecule has 0 saturated carbocycles. The smallest absolute Gasteiger partial charge is 0.252 e. The predicted molar refractivity (Wildman–Crippen MR) is 279 cm³/mol. The summed E-state index contributed by atoms with van der Waals surface area (Å²) in [4.78, 5) is 5.13. The van der Waals surface area contributed by atoms with Crippen molar-refractivity contribution < 1.29 is 4.42 Å². The van der Waals surface area contributed by atoms with Gasteiger partial charge in [-0.2, -0.15) is 0 Å². The normalized spacial score (nSPS) is 13.6. The largest absolute Gasteiger partial charge is 0.455 e. The maximum absolute atomic E-state index is 6.53. The number of nitrogens with zero attached hydrogens (tertiary/aromatic N) is 2. The maximum atomic E-state index is 6.53. The van der Waals surface area contributed by atoms with Gasteiger partial charge in [-0.15, -0.1) is 0 Å². The van der Waals surface area contributed by atoms with Crippen molar-refractivity contribution in [1.29, 1.82) is 0 Å². The lowest BCUT2D eigenvalue weighted by molar-refractivity contribution is 0.506. The van der Waals surface area contributed by atoms with Gasteiger partial charge in [0.15, 0.2) is 0 Å². The molecule has 0 aliphatic carbocycles. The maximum Gasteiger partial charge on any atom is 0.252 e. The minimum Gasteiger partial charge on any atom is -0.455 e. The van der Waals surface area contributed by atoms with Gasteiger partial charge in [-0.05, 0) is 127 Å². The first-order valence-corrected chi connectivity index (χ1v) is 23.4. The zero-order chi connectivity index (χ0) is 45.0. The quantitative estimate of drug-likeness (QED) is 0.156. The molecule has 0 saturated heterocycles. The van der Waals surface area contributed by atoms with Gasteiger partial charge in [0.1, 0.15) is 11.2 Å². The molecule has 2 aliphatic rings. The first-order chi connectivity index (χ1) is 31.2. The third kappa shape index (κ3) is 6.71. The second kappa shape index (κ2) is 14.9. The average Bonchev–Trinajstić information content (AvgIpc) is 3.70. The van der Waals surface area contributed by atoms with Crippen LogP contribution in [0.3, 0.4) is 0 Å². The Balaban J connectivity index is 1.18. The molecule has 0 radical (unpaired) electrons. The molecule has 0 unspecified atom stereocenters. The Morgan fingerprint density at radius 3 is 1.71 bits per heavy atom. The lowest BCUT2D eigenvalue weighted by atomic mass is 9.33. The predicted octanol–water partition coefficient (Wildman–Crippen LogP) is 15.3. The van der Waals surface area contributed by atoms with E-state index in [0.717, 1.165) is 45.2 Å². The number of hydrogen-bond acceptors (Lipinski definition) is 3. The number of fused-ring (bicyclic) bond motifs is 7. The molecule has 320 valence electrons. The van der Waals surface area contributed by atoms with Crippen molar-refractivity contribution in [1.82, 2.24) is 0 Å². The Kier molecular flexibility index (Phi) is 9.38. The molecule has 0 atom stereocenters. The zero-order valence-corrected chi connectivity index (χ0v) is 39.3. The fraction of sp³-hybridized carbons (Fsp3) is 0.213. The third-order valence-corrected chi connectivity index (χ3v) is 14.5. The first-order valence-electron chi connectivity index (χ1n) is 23.4. The van der Waals surface area contributed by atoms with E-state index < -0.39 is 0 Å². The SMILES string of the molecule is CCC(C)(C)c1ccc2c(c1)N(c1ccc(C(C)(C)C)cc1)c1cc(C(C)(C)C)cc3c1B2c1cc(-c2ccccc2)ccc1N3c1ccc(-c2cccc3c2oc2ccccc23)cc1.